The highest BCUT2D eigenvalue weighted by atomic mass is 16.5. The molecular formula is C15H19NO4. The molecular weight excluding hydrogens is 258 g/mol. The predicted molar refractivity (Wildman–Crippen MR) is 73.6 cm³/mol. The lowest BCUT2D eigenvalue weighted by Gasteiger charge is -2.12. The first kappa shape index (κ1) is 14.4. The number of carbonyl (C=O) groups is 2. The molecule has 20 heavy (non-hydrogen) atoms. The number of carboxylic acid groups (broad SMARTS) is 1. The van der Waals surface area contributed by atoms with Crippen molar-refractivity contribution >= 4 is 11.9 Å². The molecule has 0 saturated heterocycles. The Labute approximate surface area is 117 Å². The van der Waals surface area contributed by atoms with Gasteiger partial charge in [-0.15, -0.1) is 0 Å². The van der Waals surface area contributed by atoms with Crippen LogP contribution in [0.1, 0.15) is 24.8 Å². The molecule has 1 aromatic carbocycles. The number of carboxylic acids is 1. The Balaban J connectivity index is 1.82. The van der Waals surface area contributed by atoms with Gasteiger partial charge in [-0.1, -0.05) is 12.1 Å². The van der Waals surface area contributed by atoms with Crippen molar-refractivity contribution in [1.29, 1.82) is 0 Å². The number of hydrogen-bond acceptors (Lipinski definition) is 3. The topological polar surface area (TPSA) is 75.6 Å². The van der Waals surface area contributed by atoms with E-state index in [0.29, 0.717) is 19.3 Å². The molecule has 1 aliphatic carbocycles. The van der Waals surface area contributed by atoms with E-state index in [9.17, 15) is 9.59 Å². The normalized spacial score (nSPS) is 21.4. The molecule has 1 fully saturated rings. The zero-order valence-electron chi connectivity index (χ0n) is 11.5. The molecule has 108 valence electrons. The van der Waals surface area contributed by atoms with Gasteiger partial charge < -0.3 is 15.2 Å². The maximum absolute atomic E-state index is 11.9. The zero-order chi connectivity index (χ0) is 14.5. The minimum atomic E-state index is -0.767. The Morgan fingerprint density at radius 3 is 2.55 bits per heavy atom. The van der Waals surface area contributed by atoms with E-state index in [1.54, 1.807) is 7.11 Å². The van der Waals surface area contributed by atoms with Gasteiger partial charge in [0, 0.05) is 6.04 Å². The largest absolute Gasteiger partial charge is 0.497 e. The highest BCUT2D eigenvalue weighted by Crippen LogP contribution is 2.25. The fourth-order valence-electron chi connectivity index (χ4n) is 2.54. The Morgan fingerprint density at radius 2 is 2.00 bits per heavy atom. The van der Waals surface area contributed by atoms with Crippen molar-refractivity contribution in [2.24, 2.45) is 5.92 Å². The predicted octanol–water partition coefficient (Wildman–Crippen LogP) is 1.61. The van der Waals surface area contributed by atoms with Crippen molar-refractivity contribution in [3.63, 3.8) is 0 Å². The van der Waals surface area contributed by atoms with Crippen molar-refractivity contribution in [3.8, 4) is 5.75 Å². The molecule has 1 aliphatic rings. The summed E-state index contributed by atoms with van der Waals surface area (Å²) < 4.78 is 5.06. The number of hydrogen-bond donors (Lipinski definition) is 2. The average Bonchev–Trinajstić information content (AvgIpc) is 2.88. The third-order valence-corrected chi connectivity index (χ3v) is 3.67. The van der Waals surface area contributed by atoms with E-state index in [-0.39, 0.29) is 17.9 Å². The fraction of sp³-hybridized carbons (Fsp3) is 0.467. The van der Waals surface area contributed by atoms with Gasteiger partial charge in [0.1, 0.15) is 5.75 Å². The summed E-state index contributed by atoms with van der Waals surface area (Å²) in [6, 6.07) is 7.33. The summed E-state index contributed by atoms with van der Waals surface area (Å²) in [5.41, 5.74) is 0.913. The molecule has 1 saturated carbocycles. The van der Waals surface area contributed by atoms with Gasteiger partial charge in [0.25, 0.3) is 0 Å². The molecule has 0 bridgehead atoms. The first-order chi connectivity index (χ1) is 9.58. The molecule has 0 radical (unpaired) electrons. The first-order valence-electron chi connectivity index (χ1n) is 6.73. The molecule has 5 nitrogen and oxygen atoms in total. The monoisotopic (exact) mass is 277 g/mol. The van der Waals surface area contributed by atoms with Crippen LogP contribution in [0.3, 0.4) is 0 Å². The number of aliphatic carboxylic acids is 1. The van der Waals surface area contributed by atoms with Gasteiger partial charge in [0.15, 0.2) is 0 Å². The number of amides is 1. The van der Waals surface area contributed by atoms with Crippen LogP contribution in [0.15, 0.2) is 24.3 Å². The van der Waals surface area contributed by atoms with Crippen molar-refractivity contribution in [1.82, 2.24) is 5.32 Å². The molecule has 1 aromatic rings. The van der Waals surface area contributed by atoms with Crippen LogP contribution < -0.4 is 10.1 Å². The summed E-state index contributed by atoms with van der Waals surface area (Å²) >= 11 is 0. The molecule has 2 atom stereocenters. The Hall–Kier alpha value is -2.04. The third kappa shape index (κ3) is 3.73. The van der Waals surface area contributed by atoms with Gasteiger partial charge in [-0.2, -0.15) is 0 Å². The molecule has 0 unspecified atom stereocenters. The number of rotatable bonds is 5. The SMILES string of the molecule is COc1ccc(CC(=O)N[C@H]2CC[C@@H](C(=O)O)C2)cc1. The highest BCUT2D eigenvalue weighted by molar-refractivity contribution is 5.79. The second-order valence-corrected chi connectivity index (χ2v) is 5.14. The van der Waals surface area contributed by atoms with Crippen molar-refractivity contribution in [2.45, 2.75) is 31.7 Å². The minimum Gasteiger partial charge on any atom is -0.497 e. The molecule has 0 aliphatic heterocycles. The minimum absolute atomic E-state index is 0.0122. The average molecular weight is 277 g/mol. The van der Waals surface area contributed by atoms with Crippen molar-refractivity contribution in [2.75, 3.05) is 7.11 Å². The molecule has 5 heteroatoms. The lowest BCUT2D eigenvalue weighted by atomic mass is 10.1. The molecule has 2 N–H and O–H groups in total. The van der Waals surface area contributed by atoms with Crippen LogP contribution in [0.4, 0.5) is 0 Å². The van der Waals surface area contributed by atoms with Crippen LogP contribution in [-0.2, 0) is 16.0 Å². The van der Waals surface area contributed by atoms with E-state index < -0.39 is 5.97 Å². The molecule has 0 aromatic heterocycles. The van der Waals surface area contributed by atoms with Gasteiger partial charge in [-0.05, 0) is 37.0 Å². The quantitative estimate of drug-likeness (QED) is 0.857. The van der Waals surface area contributed by atoms with E-state index in [1.807, 2.05) is 24.3 Å². The number of methoxy groups -OCH3 is 1. The van der Waals surface area contributed by atoms with Gasteiger partial charge >= 0.3 is 5.97 Å². The van der Waals surface area contributed by atoms with E-state index >= 15 is 0 Å². The van der Waals surface area contributed by atoms with Crippen molar-refractivity contribution in [3.05, 3.63) is 29.8 Å². The maximum atomic E-state index is 11.9. The number of ether oxygens (including phenoxy) is 1. The number of nitrogens with one attached hydrogen (secondary N) is 1. The molecule has 0 spiro atoms. The summed E-state index contributed by atoms with van der Waals surface area (Å²) in [5, 5.41) is 11.8. The number of carbonyl (C=O) groups excluding carboxylic acids is 1. The molecule has 0 heterocycles. The first-order valence-corrected chi connectivity index (χ1v) is 6.73. The lowest BCUT2D eigenvalue weighted by Crippen LogP contribution is -2.34. The van der Waals surface area contributed by atoms with Crippen LogP contribution in [0.2, 0.25) is 0 Å². The van der Waals surface area contributed by atoms with Gasteiger partial charge in [-0.25, -0.2) is 0 Å². The van der Waals surface area contributed by atoms with E-state index in [1.165, 1.54) is 0 Å². The van der Waals surface area contributed by atoms with Crippen LogP contribution in [-0.4, -0.2) is 30.1 Å². The Kier molecular flexibility index (Phi) is 4.61. The summed E-state index contributed by atoms with van der Waals surface area (Å²) in [6.07, 6.45) is 2.22. The fourth-order valence-corrected chi connectivity index (χ4v) is 2.54. The summed E-state index contributed by atoms with van der Waals surface area (Å²) in [4.78, 5) is 22.8. The van der Waals surface area contributed by atoms with E-state index in [4.69, 9.17) is 9.84 Å². The zero-order valence-corrected chi connectivity index (χ0v) is 11.5. The summed E-state index contributed by atoms with van der Waals surface area (Å²) in [6.45, 7) is 0. The smallest absolute Gasteiger partial charge is 0.306 e. The lowest BCUT2D eigenvalue weighted by molar-refractivity contribution is -0.141. The Bertz CT molecular complexity index is 483. The molecule has 1 amide bonds. The van der Waals surface area contributed by atoms with Crippen LogP contribution in [0.25, 0.3) is 0 Å². The van der Waals surface area contributed by atoms with Gasteiger partial charge in [-0.3, -0.25) is 9.59 Å². The maximum Gasteiger partial charge on any atom is 0.306 e. The Morgan fingerprint density at radius 1 is 1.30 bits per heavy atom. The van der Waals surface area contributed by atoms with Crippen molar-refractivity contribution < 1.29 is 19.4 Å². The van der Waals surface area contributed by atoms with Gasteiger partial charge in [0.2, 0.25) is 5.91 Å². The highest BCUT2D eigenvalue weighted by Gasteiger charge is 2.30. The van der Waals surface area contributed by atoms with Crippen LogP contribution in [0.5, 0.6) is 5.75 Å². The van der Waals surface area contributed by atoms with E-state index in [0.717, 1.165) is 17.7 Å². The third-order valence-electron chi connectivity index (χ3n) is 3.67. The number of benzene rings is 1. The standard InChI is InChI=1S/C15H19NO4/c1-20-13-6-2-10(3-7-13)8-14(17)16-12-5-4-11(9-12)15(18)19/h2-3,6-7,11-12H,4-5,8-9H2,1H3,(H,16,17)(H,18,19)/t11-,12+/m1/s1. The second kappa shape index (κ2) is 6.41. The van der Waals surface area contributed by atoms with E-state index in [2.05, 4.69) is 5.32 Å². The summed E-state index contributed by atoms with van der Waals surface area (Å²) in [5.74, 6) is -0.390. The van der Waals surface area contributed by atoms with Gasteiger partial charge in [0.05, 0.1) is 19.4 Å². The second-order valence-electron chi connectivity index (χ2n) is 5.14. The van der Waals surface area contributed by atoms with Crippen LogP contribution >= 0.6 is 0 Å². The van der Waals surface area contributed by atoms with Crippen LogP contribution in [0, 0.1) is 5.92 Å². The molecule has 2 rings (SSSR count). The summed E-state index contributed by atoms with van der Waals surface area (Å²) in [7, 11) is 1.60.